The Labute approximate surface area is 248 Å². The minimum atomic E-state index is -1.13. The highest BCUT2D eigenvalue weighted by Crippen LogP contribution is 2.22. The molecule has 0 aliphatic carbocycles. The number of ether oxygens (including phenoxy) is 1. The molecule has 5 N–H and O–H groups in total. The van der Waals surface area contributed by atoms with Gasteiger partial charge in [0.25, 0.3) is 12.4 Å². The molecule has 3 amide bonds. The topological polar surface area (TPSA) is 145 Å². The molecule has 0 aliphatic rings. The lowest BCUT2D eigenvalue weighted by Gasteiger charge is -2.31. The predicted molar refractivity (Wildman–Crippen MR) is 166 cm³/mol. The molecule has 4 aromatic carbocycles. The van der Waals surface area contributed by atoms with Crippen molar-refractivity contribution in [2.45, 2.75) is 24.9 Å². The van der Waals surface area contributed by atoms with Gasteiger partial charge in [-0.05, 0) is 89.7 Å². The van der Waals surface area contributed by atoms with E-state index in [1.165, 1.54) is 23.9 Å². The van der Waals surface area contributed by atoms with E-state index in [2.05, 4.69) is 5.32 Å². The van der Waals surface area contributed by atoms with Gasteiger partial charge in [0.15, 0.2) is 0 Å². The van der Waals surface area contributed by atoms with Crippen molar-refractivity contribution < 1.29 is 23.9 Å². The molecule has 42 heavy (non-hydrogen) atoms. The van der Waals surface area contributed by atoms with Gasteiger partial charge in [0.05, 0.1) is 6.04 Å². The van der Waals surface area contributed by atoms with Gasteiger partial charge in [0.1, 0.15) is 11.8 Å². The normalized spacial score (nSPS) is 12.2. The van der Waals surface area contributed by atoms with Gasteiger partial charge >= 0.3 is 0 Å². The molecule has 0 unspecified atom stereocenters. The van der Waals surface area contributed by atoms with Crippen LogP contribution in [0.25, 0.3) is 10.8 Å². The third kappa shape index (κ3) is 7.54. The summed E-state index contributed by atoms with van der Waals surface area (Å²) < 4.78 is 4.82. The first-order chi connectivity index (χ1) is 20.3. The van der Waals surface area contributed by atoms with E-state index in [1.54, 1.807) is 42.5 Å². The van der Waals surface area contributed by atoms with Crippen LogP contribution in [-0.4, -0.2) is 53.2 Å². The molecule has 9 nitrogen and oxygen atoms in total. The lowest BCUT2D eigenvalue weighted by atomic mass is 10.0. The molecule has 0 saturated heterocycles. The summed E-state index contributed by atoms with van der Waals surface area (Å²) >= 11 is 1.50. The predicted octanol–water partition coefficient (Wildman–Crippen LogP) is 4.26. The number of nitrogens with one attached hydrogen (secondary N) is 1. The molecule has 0 radical (unpaired) electrons. The summed E-state index contributed by atoms with van der Waals surface area (Å²) in [5.41, 5.74) is 14.1. The van der Waals surface area contributed by atoms with Crippen LogP contribution in [0.3, 0.4) is 0 Å². The summed E-state index contributed by atoms with van der Waals surface area (Å²) in [5, 5.41) is 4.86. The Morgan fingerprint density at radius 1 is 0.952 bits per heavy atom. The number of carbonyl (C=O) groups is 4. The Bertz CT molecular complexity index is 1560. The number of anilines is 2. The Hall–Kier alpha value is -4.67. The highest BCUT2D eigenvalue weighted by atomic mass is 32.2. The number of imide groups is 1. The van der Waals surface area contributed by atoms with Gasteiger partial charge in [-0.25, -0.2) is 0 Å². The summed E-state index contributed by atoms with van der Waals surface area (Å²) in [7, 11) is 0. The lowest BCUT2D eigenvalue weighted by molar-refractivity contribution is -0.136. The molecule has 0 heterocycles. The number of nitrogens with two attached hydrogens (primary N) is 2. The molecular weight excluding hydrogens is 552 g/mol. The van der Waals surface area contributed by atoms with E-state index in [4.69, 9.17) is 16.2 Å². The number of nitrogens with zero attached hydrogens (tertiary/aromatic N) is 1. The van der Waals surface area contributed by atoms with Crippen LogP contribution in [0.1, 0.15) is 22.3 Å². The Morgan fingerprint density at radius 2 is 1.64 bits per heavy atom. The number of rotatable bonds is 12. The number of nitrogen functional groups attached to an aromatic ring is 1. The number of thioether (sulfide) groups is 1. The van der Waals surface area contributed by atoms with Gasteiger partial charge in [-0.15, -0.1) is 0 Å². The molecular formula is C32H32N4O5S. The lowest BCUT2D eigenvalue weighted by Crippen LogP contribution is -2.56. The van der Waals surface area contributed by atoms with Crippen molar-refractivity contribution in [3.63, 3.8) is 0 Å². The average Bonchev–Trinajstić information content (AvgIpc) is 3.00. The van der Waals surface area contributed by atoms with E-state index in [9.17, 15) is 19.2 Å². The first-order valence-corrected chi connectivity index (χ1v) is 14.7. The minimum Gasteiger partial charge on any atom is -0.429 e. The molecule has 0 bridgehead atoms. The molecule has 4 aromatic rings. The Balaban J connectivity index is 1.66. The van der Waals surface area contributed by atoms with E-state index in [0.29, 0.717) is 34.9 Å². The van der Waals surface area contributed by atoms with Crippen LogP contribution in [0.2, 0.25) is 0 Å². The number of carbonyl (C=O) groups excluding carboxylic acids is 4. The standard InChI is InChI=1S/C32H32N4O5S/c1-42-17-16-29(30(38)35-26-13-10-22-4-2-3-5-24(22)19-26)36(31(39)23-8-11-25(33)12-9-23)32(40)28(34)18-21-6-14-27(15-7-21)41-20-37/h2-15,19-20,28-29H,16-18,33-34H2,1H3,(H,35,38)/t28-,29-/m0/s1. The number of hydrogen-bond acceptors (Lipinski definition) is 8. The van der Waals surface area contributed by atoms with Crippen LogP contribution >= 0.6 is 11.8 Å². The van der Waals surface area contributed by atoms with E-state index >= 15 is 0 Å². The van der Waals surface area contributed by atoms with Crippen molar-refractivity contribution in [1.29, 1.82) is 0 Å². The van der Waals surface area contributed by atoms with E-state index in [-0.39, 0.29) is 18.4 Å². The number of fused-ring (bicyclic) bond motifs is 1. The molecule has 4 rings (SSSR count). The summed E-state index contributed by atoms with van der Waals surface area (Å²) in [6, 6.07) is 23.7. The zero-order valence-electron chi connectivity index (χ0n) is 23.1. The molecule has 0 spiro atoms. The van der Waals surface area contributed by atoms with Crippen LogP contribution < -0.4 is 21.5 Å². The first-order valence-electron chi connectivity index (χ1n) is 13.3. The monoisotopic (exact) mass is 584 g/mol. The minimum absolute atomic E-state index is 0.0905. The average molecular weight is 585 g/mol. The van der Waals surface area contributed by atoms with Crippen molar-refractivity contribution in [3.8, 4) is 5.75 Å². The second-order valence-electron chi connectivity index (χ2n) is 9.65. The maximum absolute atomic E-state index is 13.9. The van der Waals surface area contributed by atoms with E-state index in [0.717, 1.165) is 15.7 Å². The van der Waals surface area contributed by atoms with Crippen molar-refractivity contribution in [1.82, 2.24) is 4.90 Å². The third-order valence-corrected chi connectivity index (χ3v) is 7.36. The molecule has 216 valence electrons. The van der Waals surface area contributed by atoms with Gasteiger partial charge in [0, 0.05) is 16.9 Å². The fraction of sp³-hybridized carbons (Fsp3) is 0.188. The second kappa shape index (κ2) is 14.3. The highest BCUT2D eigenvalue weighted by molar-refractivity contribution is 7.98. The van der Waals surface area contributed by atoms with Gasteiger partial charge in [-0.1, -0.05) is 42.5 Å². The molecule has 2 atom stereocenters. The number of hydrogen-bond donors (Lipinski definition) is 3. The SMILES string of the molecule is CSCC[C@@H](C(=O)Nc1ccc2ccccc2c1)N(C(=O)c1ccc(N)cc1)C(=O)[C@@H](N)Cc1ccc(OC=O)cc1. The van der Waals surface area contributed by atoms with Crippen molar-refractivity contribution >= 4 is 58.1 Å². The van der Waals surface area contributed by atoms with E-state index < -0.39 is 29.8 Å². The maximum Gasteiger partial charge on any atom is 0.298 e. The summed E-state index contributed by atoms with van der Waals surface area (Å²) in [4.78, 5) is 53.2. The summed E-state index contributed by atoms with van der Waals surface area (Å²) in [6.07, 6.45) is 2.20. The second-order valence-corrected chi connectivity index (χ2v) is 10.6. The highest BCUT2D eigenvalue weighted by Gasteiger charge is 2.37. The first kappa shape index (κ1) is 30.3. The zero-order valence-corrected chi connectivity index (χ0v) is 23.9. The van der Waals surface area contributed by atoms with Crippen molar-refractivity contribution in [3.05, 3.63) is 102 Å². The van der Waals surface area contributed by atoms with Crippen LogP contribution in [0.15, 0.2) is 91.0 Å². The third-order valence-electron chi connectivity index (χ3n) is 6.72. The molecule has 0 aromatic heterocycles. The molecule has 10 heteroatoms. The maximum atomic E-state index is 13.9. The van der Waals surface area contributed by atoms with E-state index in [1.807, 2.05) is 42.7 Å². The molecule has 0 saturated carbocycles. The van der Waals surface area contributed by atoms with Gasteiger partial charge in [-0.2, -0.15) is 11.8 Å². The Kier molecular flexibility index (Phi) is 10.3. The fourth-order valence-electron chi connectivity index (χ4n) is 4.54. The van der Waals surface area contributed by atoms with Gasteiger partial charge in [0.2, 0.25) is 11.8 Å². The largest absolute Gasteiger partial charge is 0.429 e. The summed E-state index contributed by atoms with van der Waals surface area (Å²) in [6.45, 7) is 0.322. The smallest absolute Gasteiger partial charge is 0.298 e. The van der Waals surface area contributed by atoms with Gasteiger partial charge < -0.3 is 21.5 Å². The zero-order chi connectivity index (χ0) is 30.1. The number of amides is 3. The van der Waals surface area contributed by atoms with Gasteiger partial charge in [-0.3, -0.25) is 24.1 Å². The molecule has 0 fully saturated rings. The van der Waals surface area contributed by atoms with Crippen LogP contribution in [-0.2, 0) is 20.8 Å². The Morgan fingerprint density at radius 3 is 2.31 bits per heavy atom. The fourth-order valence-corrected chi connectivity index (χ4v) is 5.00. The summed E-state index contributed by atoms with van der Waals surface area (Å²) in [5.74, 6) is -0.979. The van der Waals surface area contributed by atoms with Crippen LogP contribution in [0.5, 0.6) is 5.75 Å². The number of benzene rings is 4. The van der Waals surface area contributed by atoms with Crippen molar-refractivity contribution in [2.75, 3.05) is 23.1 Å². The molecule has 0 aliphatic heterocycles. The van der Waals surface area contributed by atoms with Crippen LogP contribution in [0.4, 0.5) is 11.4 Å². The van der Waals surface area contributed by atoms with Crippen molar-refractivity contribution in [2.24, 2.45) is 5.73 Å². The quantitative estimate of drug-likeness (QED) is 0.166. The van der Waals surface area contributed by atoms with Crippen LogP contribution in [0, 0.1) is 0 Å².